The molecule has 0 aliphatic heterocycles. The van der Waals surface area contributed by atoms with Gasteiger partial charge in [0.15, 0.2) is 0 Å². The molecule has 0 aliphatic carbocycles. The number of hydrogen-bond donors (Lipinski definition) is 1. The van der Waals surface area contributed by atoms with E-state index in [9.17, 15) is 13.6 Å². The smallest absolute Gasteiger partial charge is 0.339 e. The third-order valence-electron chi connectivity index (χ3n) is 1.56. The van der Waals surface area contributed by atoms with Gasteiger partial charge >= 0.3 is 5.97 Å². The van der Waals surface area contributed by atoms with Crippen molar-refractivity contribution >= 4 is 5.97 Å². The van der Waals surface area contributed by atoms with E-state index in [1.165, 1.54) is 6.92 Å². The fourth-order valence-corrected chi connectivity index (χ4v) is 0.916. The molecule has 0 bridgehead atoms. The van der Waals surface area contributed by atoms with E-state index in [-0.39, 0.29) is 5.56 Å². The van der Waals surface area contributed by atoms with E-state index in [0.717, 1.165) is 12.1 Å². The van der Waals surface area contributed by atoms with E-state index >= 15 is 0 Å². The van der Waals surface area contributed by atoms with E-state index in [0.29, 0.717) is 0 Å². The minimum Gasteiger partial charge on any atom is -0.478 e. The normalized spacial score (nSPS) is 9.92. The maximum Gasteiger partial charge on any atom is 0.339 e. The molecule has 0 saturated heterocycles. The molecular weight excluding hydrogens is 166 g/mol. The Labute approximate surface area is 67.4 Å². The van der Waals surface area contributed by atoms with Gasteiger partial charge in [-0.3, -0.25) is 0 Å². The van der Waals surface area contributed by atoms with Crippen molar-refractivity contribution in [3.63, 3.8) is 0 Å². The van der Waals surface area contributed by atoms with Crippen LogP contribution in [0.2, 0.25) is 0 Å². The van der Waals surface area contributed by atoms with Crippen LogP contribution in [0.1, 0.15) is 15.9 Å². The summed E-state index contributed by atoms with van der Waals surface area (Å²) < 4.78 is 25.4. The average molecular weight is 172 g/mol. The van der Waals surface area contributed by atoms with Crippen LogP contribution >= 0.6 is 0 Å². The predicted molar refractivity (Wildman–Crippen MR) is 38.1 cm³/mol. The molecule has 1 rings (SSSR count). The summed E-state index contributed by atoms with van der Waals surface area (Å²) in [6, 6.07) is 1.70. The molecule has 64 valence electrons. The summed E-state index contributed by atoms with van der Waals surface area (Å²) in [6.45, 7) is 1.22. The van der Waals surface area contributed by atoms with Crippen molar-refractivity contribution in [2.75, 3.05) is 0 Å². The van der Waals surface area contributed by atoms with Crippen LogP contribution < -0.4 is 0 Å². The van der Waals surface area contributed by atoms with E-state index in [1.54, 1.807) is 0 Å². The Balaban J connectivity index is 3.43. The van der Waals surface area contributed by atoms with Gasteiger partial charge in [-0.1, -0.05) is 0 Å². The Kier molecular flexibility index (Phi) is 2.08. The van der Waals surface area contributed by atoms with Crippen LogP contribution in [0.15, 0.2) is 12.1 Å². The highest BCUT2D eigenvalue weighted by Crippen LogP contribution is 2.15. The fourth-order valence-electron chi connectivity index (χ4n) is 0.916. The van der Waals surface area contributed by atoms with E-state index in [2.05, 4.69) is 0 Å². The van der Waals surface area contributed by atoms with E-state index < -0.39 is 23.2 Å². The molecule has 0 heterocycles. The molecule has 0 amide bonds. The number of aromatic carboxylic acids is 1. The molecule has 0 unspecified atom stereocenters. The monoisotopic (exact) mass is 172 g/mol. The second-order valence-corrected chi connectivity index (χ2v) is 2.33. The van der Waals surface area contributed by atoms with Gasteiger partial charge in [-0.05, 0) is 19.1 Å². The maximum atomic E-state index is 12.7. The summed E-state index contributed by atoms with van der Waals surface area (Å²) in [5.74, 6) is -3.08. The molecule has 0 saturated carbocycles. The quantitative estimate of drug-likeness (QED) is 0.703. The zero-order valence-electron chi connectivity index (χ0n) is 6.27. The molecule has 2 nitrogen and oxygen atoms in total. The number of carbonyl (C=O) groups is 1. The first-order chi connectivity index (χ1) is 5.54. The molecule has 0 aliphatic rings. The SMILES string of the molecule is Cc1c(F)ccc(F)c1C(=O)O. The zero-order chi connectivity index (χ0) is 9.30. The van der Waals surface area contributed by atoms with Crippen LogP contribution in [-0.4, -0.2) is 11.1 Å². The molecular formula is C8H6F2O2. The summed E-state index contributed by atoms with van der Waals surface area (Å²) in [5.41, 5.74) is -0.780. The molecule has 0 aromatic heterocycles. The van der Waals surface area contributed by atoms with Crippen LogP contribution in [0.25, 0.3) is 0 Å². The van der Waals surface area contributed by atoms with E-state index in [1.807, 2.05) is 0 Å². The highest BCUT2D eigenvalue weighted by Gasteiger charge is 2.15. The lowest BCUT2D eigenvalue weighted by Gasteiger charge is -2.02. The molecule has 1 aromatic carbocycles. The number of carboxylic acids is 1. The minimum absolute atomic E-state index is 0.178. The van der Waals surface area contributed by atoms with Crippen LogP contribution in [0.3, 0.4) is 0 Å². The van der Waals surface area contributed by atoms with Crippen molar-refractivity contribution in [3.8, 4) is 0 Å². The maximum absolute atomic E-state index is 12.7. The lowest BCUT2D eigenvalue weighted by molar-refractivity contribution is 0.0690. The topological polar surface area (TPSA) is 37.3 Å². The number of halogens is 2. The van der Waals surface area contributed by atoms with Crippen LogP contribution in [0.4, 0.5) is 8.78 Å². The van der Waals surface area contributed by atoms with Crippen molar-refractivity contribution < 1.29 is 18.7 Å². The lowest BCUT2D eigenvalue weighted by Crippen LogP contribution is -2.05. The van der Waals surface area contributed by atoms with Gasteiger partial charge in [-0.15, -0.1) is 0 Å². The first kappa shape index (κ1) is 8.64. The van der Waals surface area contributed by atoms with Gasteiger partial charge in [-0.25, -0.2) is 13.6 Å². The summed E-state index contributed by atoms with van der Waals surface area (Å²) in [7, 11) is 0. The molecule has 0 atom stereocenters. The van der Waals surface area contributed by atoms with Gasteiger partial charge in [0.25, 0.3) is 0 Å². The summed E-state index contributed by atoms with van der Waals surface area (Å²) in [4.78, 5) is 10.4. The molecule has 0 spiro atoms. The molecule has 0 radical (unpaired) electrons. The minimum atomic E-state index is -1.45. The highest BCUT2D eigenvalue weighted by atomic mass is 19.1. The van der Waals surface area contributed by atoms with Crippen molar-refractivity contribution in [1.82, 2.24) is 0 Å². The number of rotatable bonds is 1. The largest absolute Gasteiger partial charge is 0.478 e. The molecule has 1 N–H and O–H groups in total. The van der Waals surface area contributed by atoms with Crippen molar-refractivity contribution in [2.24, 2.45) is 0 Å². The van der Waals surface area contributed by atoms with Crippen LogP contribution in [0.5, 0.6) is 0 Å². The Hall–Kier alpha value is -1.45. The summed E-state index contributed by atoms with van der Waals surface area (Å²) in [6.07, 6.45) is 0. The van der Waals surface area contributed by atoms with Crippen molar-refractivity contribution in [1.29, 1.82) is 0 Å². The van der Waals surface area contributed by atoms with Crippen LogP contribution in [0, 0.1) is 18.6 Å². The second kappa shape index (κ2) is 2.89. The predicted octanol–water partition coefficient (Wildman–Crippen LogP) is 1.97. The molecule has 12 heavy (non-hydrogen) atoms. The summed E-state index contributed by atoms with van der Waals surface area (Å²) in [5, 5.41) is 8.46. The van der Waals surface area contributed by atoms with Gasteiger partial charge in [-0.2, -0.15) is 0 Å². The fraction of sp³-hybridized carbons (Fsp3) is 0.125. The Morgan fingerprint density at radius 1 is 1.33 bits per heavy atom. The van der Waals surface area contributed by atoms with E-state index in [4.69, 9.17) is 5.11 Å². The first-order valence-electron chi connectivity index (χ1n) is 3.22. The molecule has 0 fully saturated rings. The lowest BCUT2D eigenvalue weighted by atomic mass is 10.1. The van der Waals surface area contributed by atoms with Gasteiger partial charge in [0.1, 0.15) is 17.2 Å². The standard InChI is InChI=1S/C8H6F2O2/c1-4-5(9)2-3-6(10)7(4)8(11)12/h2-3H,1H3,(H,11,12). The van der Waals surface area contributed by atoms with Crippen molar-refractivity contribution in [2.45, 2.75) is 6.92 Å². The van der Waals surface area contributed by atoms with Crippen molar-refractivity contribution in [3.05, 3.63) is 34.9 Å². The first-order valence-corrected chi connectivity index (χ1v) is 3.22. The van der Waals surface area contributed by atoms with Gasteiger partial charge in [0.05, 0.1) is 0 Å². The summed E-state index contributed by atoms with van der Waals surface area (Å²) >= 11 is 0. The number of carboxylic acid groups (broad SMARTS) is 1. The molecule has 1 aromatic rings. The third kappa shape index (κ3) is 1.28. The highest BCUT2D eigenvalue weighted by molar-refractivity contribution is 5.89. The Morgan fingerprint density at radius 2 is 1.83 bits per heavy atom. The zero-order valence-corrected chi connectivity index (χ0v) is 6.27. The van der Waals surface area contributed by atoms with Gasteiger partial charge in [0.2, 0.25) is 0 Å². The average Bonchev–Trinajstić information content (AvgIpc) is 1.97. The number of hydrogen-bond acceptors (Lipinski definition) is 1. The second-order valence-electron chi connectivity index (χ2n) is 2.33. The Bertz CT molecular complexity index is 334. The van der Waals surface area contributed by atoms with Gasteiger partial charge < -0.3 is 5.11 Å². The number of benzene rings is 1. The van der Waals surface area contributed by atoms with Crippen LogP contribution in [-0.2, 0) is 0 Å². The van der Waals surface area contributed by atoms with Gasteiger partial charge in [0, 0.05) is 5.56 Å². The molecule has 4 heteroatoms. The Morgan fingerprint density at radius 3 is 2.25 bits per heavy atom. The third-order valence-corrected chi connectivity index (χ3v) is 1.56.